The van der Waals surface area contributed by atoms with Crippen molar-refractivity contribution in [3.8, 4) is 0 Å². The first-order chi connectivity index (χ1) is 6.20. The maximum absolute atomic E-state index is 11.5. The zero-order valence-corrected chi connectivity index (χ0v) is 8.14. The van der Waals surface area contributed by atoms with Crippen LogP contribution in [0.2, 0.25) is 5.02 Å². The molecule has 0 spiro atoms. The second-order valence-corrected chi connectivity index (χ2v) is 3.64. The van der Waals surface area contributed by atoms with Crippen LogP contribution < -0.4 is 4.90 Å². The van der Waals surface area contributed by atoms with Crippen LogP contribution >= 0.6 is 11.6 Å². The van der Waals surface area contributed by atoms with Crippen LogP contribution in [0.15, 0.2) is 18.2 Å². The molecule has 68 valence electrons. The zero-order chi connectivity index (χ0) is 9.42. The number of hydrogen-bond donors (Lipinski definition) is 0. The summed E-state index contributed by atoms with van der Waals surface area (Å²) in [6, 6.07) is 5.47. The normalized spacial score (nSPS) is 15.8. The second kappa shape index (κ2) is 3.04. The van der Waals surface area contributed by atoms with E-state index in [0.717, 1.165) is 17.8 Å². The molecule has 1 aliphatic rings. The van der Waals surface area contributed by atoms with Gasteiger partial charge in [0.1, 0.15) is 0 Å². The monoisotopic (exact) mass is 195 g/mol. The number of fused-ring (bicyclic) bond motifs is 1. The first-order valence-corrected chi connectivity index (χ1v) is 4.61. The van der Waals surface area contributed by atoms with Crippen molar-refractivity contribution in [1.29, 1.82) is 0 Å². The average Bonchev–Trinajstić information content (AvgIpc) is 2.12. The zero-order valence-electron chi connectivity index (χ0n) is 7.38. The Labute approximate surface area is 82.1 Å². The standard InChI is InChI=1S/C10H10ClNO/c1-12-6-5-9(13)7-3-2-4-8(11)10(7)12/h2-4H,5-6H2,1H3. The topological polar surface area (TPSA) is 20.3 Å². The molecule has 0 aromatic heterocycles. The van der Waals surface area contributed by atoms with Gasteiger partial charge < -0.3 is 4.90 Å². The Morgan fingerprint density at radius 2 is 2.23 bits per heavy atom. The fourth-order valence-corrected chi connectivity index (χ4v) is 1.96. The minimum Gasteiger partial charge on any atom is -0.372 e. The van der Waals surface area contributed by atoms with Crippen LogP contribution in [-0.2, 0) is 0 Å². The highest BCUT2D eigenvalue weighted by atomic mass is 35.5. The molecular weight excluding hydrogens is 186 g/mol. The molecule has 0 amide bonds. The lowest BCUT2D eigenvalue weighted by Crippen LogP contribution is -2.28. The van der Waals surface area contributed by atoms with E-state index in [2.05, 4.69) is 0 Å². The molecule has 0 radical (unpaired) electrons. The SMILES string of the molecule is CN1CCC(=O)c2cccc(Cl)c21. The summed E-state index contributed by atoms with van der Waals surface area (Å²) in [6.45, 7) is 0.759. The second-order valence-electron chi connectivity index (χ2n) is 3.23. The Balaban J connectivity index is 2.63. The van der Waals surface area contributed by atoms with Gasteiger partial charge in [0.05, 0.1) is 10.7 Å². The van der Waals surface area contributed by atoms with Gasteiger partial charge in [0.2, 0.25) is 0 Å². The molecule has 1 aromatic carbocycles. The van der Waals surface area contributed by atoms with Crippen molar-refractivity contribution in [3.63, 3.8) is 0 Å². The highest BCUT2D eigenvalue weighted by Crippen LogP contribution is 2.32. The molecule has 0 fully saturated rings. The summed E-state index contributed by atoms with van der Waals surface area (Å²) < 4.78 is 0. The predicted octanol–water partition coefficient (Wildman–Crippen LogP) is 2.36. The average molecular weight is 196 g/mol. The molecule has 1 aromatic rings. The molecule has 0 N–H and O–H groups in total. The number of Topliss-reactive ketones (excluding diaryl/α,β-unsaturated/α-hetero) is 1. The summed E-state index contributed by atoms with van der Waals surface area (Å²) in [6.07, 6.45) is 0.587. The van der Waals surface area contributed by atoms with Crippen LogP contribution in [0.1, 0.15) is 16.8 Å². The van der Waals surface area contributed by atoms with E-state index in [1.165, 1.54) is 0 Å². The van der Waals surface area contributed by atoms with E-state index in [-0.39, 0.29) is 5.78 Å². The van der Waals surface area contributed by atoms with Crippen molar-refractivity contribution >= 4 is 23.1 Å². The number of para-hydroxylation sites is 1. The van der Waals surface area contributed by atoms with Gasteiger partial charge in [-0.05, 0) is 12.1 Å². The van der Waals surface area contributed by atoms with E-state index in [9.17, 15) is 4.79 Å². The Morgan fingerprint density at radius 3 is 2.92 bits per heavy atom. The summed E-state index contributed by atoms with van der Waals surface area (Å²) >= 11 is 6.01. The molecule has 1 heterocycles. The van der Waals surface area contributed by atoms with Crippen LogP contribution in [0.25, 0.3) is 0 Å². The molecular formula is C10H10ClNO. The summed E-state index contributed by atoms with van der Waals surface area (Å²) in [5, 5.41) is 0.660. The fraction of sp³-hybridized carbons (Fsp3) is 0.300. The number of benzene rings is 1. The van der Waals surface area contributed by atoms with Crippen molar-refractivity contribution < 1.29 is 4.79 Å². The first-order valence-electron chi connectivity index (χ1n) is 4.23. The number of halogens is 1. The summed E-state index contributed by atoms with van der Waals surface area (Å²) in [7, 11) is 1.96. The Kier molecular flexibility index (Phi) is 2.00. The lowest BCUT2D eigenvalue weighted by atomic mass is 10.0. The van der Waals surface area contributed by atoms with E-state index in [1.54, 1.807) is 0 Å². The van der Waals surface area contributed by atoms with Gasteiger partial charge >= 0.3 is 0 Å². The highest BCUT2D eigenvalue weighted by molar-refractivity contribution is 6.34. The van der Waals surface area contributed by atoms with Gasteiger partial charge in [-0.3, -0.25) is 4.79 Å². The number of hydrogen-bond acceptors (Lipinski definition) is 2. The fourth-order valence-electron chi connectivity index (χ4n) is 1.64. The summed E-state index contributed by atoms with van der Waals surface area (Å²) in [5.74, 6) is 0.190. The molecule has 0 saturated heterocycles. The van der Waals surface area contributed by atoms with E-state index < -0.39 is 0 Å². The van der Waals surface area contributed by atoms with Crippen molar-refractivity contribution in [1.82, 2.24) is 0 Å². The first kappa shape index (κ1) is 8.57. The maximum atomic E-state index is 11.5. The van der Waals surface area contributed by atoms with Gasteiger partial charge in [-0.1, -0.05) is 17.7 Å². The van der Waals surface area contributed by atoms with Crippen LogP contribution in [0.3, 0.4) is 0 Å². The Hall–Kier alpha value is -1.02. The Bertz CT molecular complexity index is 362. The van der Waals surface area contributed by atoms with Crippen LogP contribution in [0.5, 0.6) is 0 Å². The van der Waals surface area contributed by atoms with Gasteiger partial charge in [0, 0.05) is 25.6 Å². The van der Waals surface area contributed by atoms with Crippen LogP contribution in [0, 0.1) is 0 Å². The lowest BCUT2D eigenvalue weighted by Gasteiger charge is -2.27. The van der Waals surface area contributed by atoms with Gasteiger partial charge in [-0.15, -0.1) is 0 Å². The van der Waals surface area contributed by atoms with Gasteiger partial charge in [0.25, 0.3) is 0 Å². The van der Waals surface area contributed by atoms with Crippen LogP contribution in [0.4, 0.5) is 5.69 Å². The molecule has 0 unspecified atom stereocenters. The molecule has 2 nitrogen and oxygen atoms in total. The molecule has 0 saturated carbocycles. The number of carbonyl (C=O) groups excluding carboxylic acids is 1. The molecule has 2 rings (SSSR count). The summed E-state index contributed by atoms with van der Waals surface area (Å²) in [4.78, 5) is 13.5. The number of anilines is 1. The van der Waals surface area contributed by atoms with Crippen molar-refractivity contribution in [2.24, 2.45) is 0 Å². The highest BCUT2D eigenvalue weighted by Gasteiger charge is 2.22. The number of ketones is 1. The van der Waals surface area contributed by atoms with Crippen molar-refractivity contribution in [2.45, 2.75) is 6.42 Å². The maximum Gasteiger partial charge on any atom is 0.166 e. The van der Waals surface area contributed by atoms with Crippen molar-refractivity contribution in [2.75, 3.05) is 18.5 Å². The molecule has 1 aliphatic heterocycles. The van der Waals surface area contributed by atoms with E-state index >= 15 is 0 Å². The smallest absolute Gasteiger partial charge is 0.166 e. The lowest BCUT2D eigenvalue weighted by molar-refractivity contribution is 0.0980. The summed E-state index contributed by atoms with van der Waals surface area (Å²) in [5.41, 5.74) is 1.63. The predicted molar refractivity (Wildman–Crippen MR) is 53.7 cm³/mol. The minimum atomic E-state index is 0.190. The number of nitrogens with zero attached hydrogens (tertiary/aromatic N) is 1. The third kappa shape index (κ3) is 1.31. The molecule has 13 heavy (non-hydrogen) atoms. The van der Waals surface area contributed by atoms with E-state index in [4.69, 9.17) is 11.6 Å². The molecule has 0 atom stereocenters. The quantitative estimate of drug-likeness (QED) is 0.634. The minimum absolute atomic E-state index is 0.190. The van der Waals surface area contributed by atoms with E-state index in [1.807, 2.05) is 30.1 Å². The molecule has 0 bridgehead atoms. The van der Waals surface area contributed by atoms with Crippen molar-refractivity contribution in [3.05, 3.63) is 28.8 Å². The van der Waals surface area contributed by atoms with Crippen LogP contribution in [-0.4, -0.2) is 19.4 Å². The number of rotatable bonds is 0. The van der Waals surface area contributed by atoms with Gasteiger partial charge in [0.15, 0.2) is 5.78 Å². The third-order valence-corrected chi connectivity index (χ3v) is 2.65. The van der Waals surface area contributed by atoms with Gasteiger partial charge in [-0.25, -0.2) is 0 Å². The van der Waals surface area contributed by atoms with E-state index in [0.29, 0.717) is 11.4 Å². The van der Waals surface area contributed by atoms with Gasteiger partial charge in [-0.2, -0.15) is 0 Å². The largest absolute Gasteiger partial charge is 0.372 e. The molecule has 0 aliphatic carbocycles. The molecule has 3 heteroatoms. The third-order valence-electron chi connectivity index (χ3n) is 2.34. The Morgan fingerprint density at radius 1 is 1.46 bits per heavy atom. The number of carbonyl (C=O) groups is 1.